The van der Waals surface area contributed by atoms with Crippen LogP contribution in [0.4, 0.5) is 18.9 Å². The number of aliphatic hydroxyl groups excluding tert-OH is 1. The number of benzene rings is 3. The van der Waals surface area contributed by atoms with Gasteiger partial charge in [-0.15, -0.1) is 0 Å². The van der Waals surface area contributed by atoms with Crippen molar-refractivity contribution in [1.82, 2.24) is 10.6 Å². The highest BCUT2D eigenvalue weighted by atomic mass is 32.2. The Labute approximate surface area is 237 Å². The van der Waals surface area contributed by atoms with Crippen LogP contribution in [0.3, 0.4) is 0 Å². The molecule has 222 valence electrons. The first-order chi connectivity index (χ1) is 19.0. The van der Waals surface area contributed by atoms with Gasteiger partial charge in [-0.3, -0.25) is 9.52 Å². The SMILES string of the molecule is CC(C)(Cc1cccc(CC(=O)NCc2cccc(C(F)(F)F)c2)c1)NC[C@H](O)c1ccc(O)c(NS(C)(=O)=O)c1. The Balaban J connectivity index is 1.55. The first-order valence-corrected chi connectivity index (χ1v) is 14.6. The fourth-order valence-electron chi connectivity index (χ4n) is 4.26. The lowest BCUT2D eigenvalue weighted by Gasteiger charge is -2.28. The lowest BCUT2D eigenvalue weighted by atomic mass is 9.93. The second kappa shape index (κ2) is 12.9. The van der Waals surface area contributed by atoms with Crippen molar-refractivity contribution in [2.24, 2.45) is 0 Å². The average Bonchev–Trinajstić information content (AvgIpc) is 2.86. The van der Waals surface area contributed by atoms with Crippen LogP contribution in [-0.2, 0) is 40.4 Å². The Kier molecular flexibility index (Phi) is 10.1. The van der Waals surface area contributed by atoms with Gasteiger partial charge in [0.2, 0.25) is 15.9 Å². The second-order valence-corrected chi connectivity index (χ2v) is 12.3. The average molecular weight is 594 g/mol. The Hall–Kier alpha value is -3.61. The molecule has 0 radical (unpaired) electrons. The fourth-order valence-corrected chi connectivity index (χ4v) is 4.82. The maximum atomic E-state index is 12.9. The van der Waals surface area contributed by atoms with Gasteiger partial charge in [0.15, 0.2) is 0 Å². The molecule has 0 fully saturated rings. The molecule has 8 nitrogen and oxygen atoms in total. The van der Waals surface area contributed by atoms with Crippen LogP contribution in [0.5, 0.6) is 5.75 Å². The Bertz CT molecular complexity index is 1480. The van der Waals surface area contributed by atoms with Crippen LogP contribution < -0.4 is 15.4 Å². The molecule has 0 saturated carbocycles. The molecule has 1 atom stereocenters. The standard InChI is InChI=1S/C29H34F3N3O5S/c1-28(2,34-18-26(37)22-10-11-25(36)24(15-22)35-41(3,39)40)16-20-7-4-6-19(12-20)14-27(38)33-17-21-8-5-9-23(13-21)29(30,31)32/h4-13,15,26,34-37H,14,16-18H2,1-3H3,(H,33,38)/t26-/m0/s1. The van der Waals surface area contributed by atoms with Gasteiger partial charge in [-0.2, -0.15) is 13.2 Å². The van der Waals surface area contributed by atoms with Crippen molar-refractivity contribution < 1.29 is 36.6 Å². The normalized spacial score (nSPS) is 13.0. The van der Waals surface area contributed by atoms with Crippen molar-refractivity contribution in [3.63, 3.8) is 0 Å². The first kappa shape index (κ1) is 31.9. The largest absolute Gasteiger partial charge is 0.506 e. The number of phenolic OH excluding ortho intramolecular Hbond substituents is 1. The minimum Gasteiger partial charge on any atom is -0.506 e. The minimum absolute atomic E-state index is 0.0193. The van der Waals surface area contributed by atoms with Crippen molar-refractivity contribution >= 4 is 21.6 Å². The van der Waals surface area contributed by atoms with Crippen LogP contribution in [-0.4, -0.2) is 42.9 Å². The van der Waals surface area contributed by atoms with Gasteiger partial charge < -0.3 is 20.8 Å². The summed E-state index contributed by atoms with van der Waals surface area (Å²) < 4.78 is 64.0. The molecule has 5 N–H and O–H groups in total. The quantitative estimate of drug-likeness (QED) is 0.200. The van der Waals surface area contributed by atoms with Crippen molar-refractivity contribution in [3.05, 3.63) is 94.5 Å². The number of sulfonamides is 1. The third kappa shape index (κ3) is 10.4. The van der Waals surface area contributed by atoms with Crippen LogP contribution >= 0.6 is 0 Å². The molecule has 0 spiro atoms. The van der Waals surface area contributed by atoms with E-state index in [1.807, 2.05) is 32.0 Å². The predicted octanol–water partition coefficient (Wildman–Crippen LogP) is 4.29. The number of phenols is 1. The molecule has 0 aliphatic carbocycles. The lowest BCUT2D eigenvalue weighted by molar-refractivity contribution is -0.137. The van der Waals surface area contributed by atoms with E-state index in [9.17, 15) is 36.6 Å². The molecule has 0 bridgehead atoms. The van der Waals surface area contributed by atoms with Crippen molar-refractivity contribution in [1.29, 1.82) is 0 Å². The zero-order valence-electron chi connectivity index (χ0n) is 22.9. The van der Waals surface area contributed by atoms with Crippen LogP contribution in [0.15, 0.2) is 66.7 Å². The maximum absolute atomic E-state index is 12.9. The summed E-state index contributed by atoms with van der Waals surface area (Å²) in [5.41, 5.74) is 1.18. The molecule has 0 aliphatic rings. The molecule has 0 heterocycles. The molecule has 3 aromatic carbocycles. The van der Waals surface area contributed by atoms with Crippen LogP contribution in [0.2, 0.25) is 0 Å². The topological polar surface area (TPSA) is 128 Å². The lowest BCUT2D eigenvalue weighted by Crippen LogP contribution is -2.43. The number of rotatable bonds is 12. The van der Waals surface area contributed by atoms with E-state index in [-0.39, 0.29) is 36.9 Å². The fraction of sp³-hybridized carbons (Fsp3) is 0.345. The molecule has 1 amide bonds. The van der Waals surface area contributed by atoms with Gasteiger partial charge in [0, 0.05) is 18.6 Å². The zero-order chi connectivity index (χ0) is 30.4. The zero-order valence-corrected chi connectivity index (χ0v) is 23.7. The molecule has 0 unspecified atom stereocenters. The summed E-state index contributed by atoms with van der Waals surface area (Å²) in [6.45, 7) is 4.02. The van der Waals surface area contributed by atoms with Gasteiger partial charge in [-0.05, 0) is 66.8 Å². The van der Waals surface area contributed by atoms with E-state index in [1.165, 1.54) is 30.3 Å². The number of carbonyl (C=O) groups is 1. The highest BCUT2D eigenvalue weighted by molar-refractivity contribution is 7.92. The summed E-state index contributed by atoms with van der Waals surface area (Å²) in [7, 11) is -3.62. The predicted molar refractivity (Wildman–Crippen MR) is 151 cm³/mol. The van der Waals surface area contributed by atoms with Gasteiger partial charge in [0.25, 0.3) is 0 Å². The number of amides is 1. The van der Waals surface area contributed by atoms with E-state index in [2.05, 4.69) is 15.4 Å². The van der Waals surface area contributed by atoms with Gasteiger partial charge in [0.05, 0.1) is 30.0 Å². The summed E-state index contributed by atoms with van der Waals surface area (Å²) in [6, 6.07) is 16.4. The Morgan fingerprint density at radius 3 is 2.29 bits per heavy atom. The molecular weight excluding hydrogens is 559 g/mol. The number of hydrogen-bond donors (Lipinski definition) is 5. The summed E-state index contributed by atoms with van der Waals surface area (Å²) in [6.07, 6.45) is -3.86. The van der Waals surface area contributed by atoms with E-state index < -0.39 is 33.4 Å². The van der Waals surface area contributed by atoms with E-state index in [1.54, 1.807) is 6.07 Å². The number of alkyl halides is 3. The summed E-state index contributed by atoms with van der Waals surface area (Å²) in [5.74, 6) is -0.581. The molecule has 3 rings (SSSR count). The number of anilines is 1. The Morgan fingerprint density at radius 1 is 0.951 bits per heavy atom. The first-order valence-electron chi connectivity index (χ1n) is 12.8. The Morgan fingerprint density at radius 2 is 1.61 bits per heavy atom. The number of aliphatic hydroxyl groups is 1. The van der Waals surface area contributed by atoms with Crippen LogP contribution in [0.25, 0.3) is 0 Å². The third-order valence-electron chi connectivity index (χ3n) is 6.22. The van der Waals surface area contributed by atoms with Crippen LogP contribution in [0, 0.1) is 0 Å². The van der Waals surface area contributed by atoms with E-state index in [4.69, 9.17) is 0 Å². The van der Waals surface area contributed by atoms with Crippen molar-refractivity contribution in [3.8, 4) is 5.75 Å². The summed E-state index contributed by atoms with van der Waals surface area (Å²) in [5, 5.41) is 26.5. The van der Waals surface area contributed by atoms with Gasteiger partial charge in [0.1, 0.15) is 5.75 Å². The molecule has 12 heteroatoms. The molecular formula is C29H34F3N3O5S. The summed E-state index contributed by atoms with van der Waals surface area (Å²) in [4.78, 5) is 12.5. The number of halogens is 3. The number of hydrogen-bond acceptors (Lipinski definition) is 6. The van der Waals surface area contributed by atoms with Crippen LogP contribution in [0.1, 0.15) is 47.8 Å². The van der Waals surface area contributed by atoms with Crippen molar-refractivity contribution in [2.75, 3.05) is 17.5 Å². The molecule has 0 aromatic heterocycles. The van der Waals surface area contributed by atoms with E-state index in [0.717, 1.165) is 29.5 Å². The highest BCUT2D eigenvalue weighted by Gasteiger charge is 2.30. The number of carbonyl (C=O) groups excluding carboxylic acids is 1. The van der Waals surface area contributed by atoms with Gasteiger partial charge >= 0.3 is 6.18 Å². The number of β-amino-alcohol motifs (C(OH)–C–C–N with tert-alkyl or cyclic N) is 1. The monoisotopic (exact) mass is 593 g/mol. The third-order valence-corrected chi connectivity index (χ3v) is 6.81. The minimum atomic E-state index is -4.45. The molecule has 41 heavy (non-hydrogen) atoms. The van der Waals surface area contributed by atoms with Gasteiger partial charge in [-0.1, -0.05) is 42.5 Å². The highest BCUT2D eigenvalue weighted by Crippen LogP contribution is 2.30. The van der Waals surface area contributed by atoms with Crippen molar-refractivity contribution in [2.45, 2.75) is 51.1 Å². The number of nitrogens with one attached hydrogen (secondary N) is 3. The molecule has 0 saturated heterocycles. The summed E-state index contributed by atoms with van der Waals surface area (Å²) >= 11 is 0. The van der Waals surface area contributed by atoms with E-state index >= 15 is 0 Å². The van der Waals surface area contributed by atoms with E-state index in [0.29, 0.717) is 17.5 Å². The maximum Gasteiger partial charge on any atom is 0.416 e. The smallest absolute Gasteiger partial charge is 0.416 e. The molecule has 0 aliphatic heterocycles. The number of aromatic hydroxyl groups is 1. The second-order valence-electron chi connectivity index (χ2n) is 10.6. The van der Waals surface area contributed by atoms with Gasteiger partial charge in [-0.25, -0.2) is 8.42 Å². The molecule has 3 aromatic rings.